The van der Waals surface area contributed by atoms with Gasteiger partial charge >= 0.3 is 0 Å². The van der Waals surface area contributed by atoms with Crippen LogP contribution in [0.15, 0.2) is 48.5 Å². The van der Waals surface area contributed by atoms with E-state index in [1.54, 1.807) is 25.3 Å². The van der Waals surface area contributed by atoms with E-state index in [1.165, 1.54) is 0 Å². The van der Waals surface area contributed by atoms with E-state index in [2.05, 4.69) is 0 Å². The fourth-order valence-electron chi connectivity index (χ4n) is 1.74. The van der Waals surface area contributed by atoms with Crippen molar-refractivity contribution in [1.82, 2.24) is 0 Å². The highest BCUT2D eigenvalue weighted by Gasteiger charge is 2.07. The molecule has 0 saturated heterocycles. The maximum atomic E-state index is 12.0. The van der Waals surface area contributed by atoms with Crippen molar-refractivity contribution in [2.45, 2.75) is 6.92 Å². The molecule has 3 nitrogen and oxygen atoms in total. The second-order valence-electron chi connectivity index (χ2n) is 4.26. The lowest BCUT2D eigenvalue weighted by Gasteiger charge is -2.07. The molecule has 19 heavy (non-hydrogen) atoms. The highest BCUT2D eigenvalue weighted by atomic mass is 16.5. The van der Waals surface area contributed by atoms with Crippen molar-refractivity contribution in [3.63, 3.8) is 0 Å². The minimum atomic E-state index is -0.0356. The van der Waals surface area contributed by atoms with Gasteiger partial charge < -0.3 is 9.47 Å². The molecule has 0 N–H and O–H groups in total. The molecule has 0 heterocycles. The molecule has 0 aliphatic heterocycles. The first-order valence-electron chi connectivity index (χ1n) is 6.06. The molecule has 0 amide bonds. The van der Waals surface area contributed by atoms with Gasteiger partial charge in [-0.1, -0.05) is 29.8 Å². The summed E-state index contributed by atoms with van der Waals surface area (Å²) in [7, 11) is 1.59. The van der Waals surface area contributed by atoms with E-state index in [0.717, 1.165) is 5.56 Å². The zero-order chi connectivity index (χ0) is 13.7. The highest BCUT2D eigenvalue weighted by Crippen LogP contribution is 2.19. The molecule has 2 rings (SSSR count). The van der Waals surface area contributed by atoms with E-state index in [0.29, 0.717) is 17.1 Å². The van der Waals surface area contributed by atoms with Gasteiger partial charge in [-0.2, -0.15) is 0 Å². The van der Waals surface area contributed by atoms with Crippen LogP contribution in [-0.2, 0) is 0 Å². The average Bonchev–Trinajstić information content (AvgIpc) is 2.45. The maximum absolute atomic E-state index is 12.0. The predicted molar refractivity (Wildman–Crippen MR) is 74.0 cm³/mol. The normalized spacial score (nSPS) is 10.0. The van der Waals surface area contributed by atoms with Crippen molar-refractivity contribution in [2.75, 3.05) is 13.7 Å². The van der Waals surface area contributed by atoms with Gasteiger partial charge in [-0.25, -0.2) is 0 Å². The van der Waals surface area contributed by atoms with Gasteiger partial charge in [0.2, 0.25) is 0 Å². The van der Waals surface area contributed by atoms with E-state index in [9.17, 15) is 4.79 Å². The van der Waals surface area contributed by atoms with Crippen molar-refractivity contribution < 1.29 is 14.3 Å². The van der Waals surface area contributed by atoms with Gasteiger partial charge in [0.25, 0.3) is 0 Å². The number of hydrogen-bond donors (Lipinski definition) is 0. The third-order valence-corrected chi connectivity index (χ3v) is 2.75. The third-order valence-electron chi connectivity index (χ3n) is 2.75. The summed E-state index contributed by atoms with van der Waals surface area (Å²) in [4.78, 5) is 12.0. The Hall–Kier alpha value is -2.29. The molecule has 0 aromatic heterocycles. The van der Waals surface area contributed by atoms with Crippen LogP contribution in [0.4, 0.5) is 0 Å². The first-order valence-corrected chi connectivity index (χ1v) is 6.06. The van der Waals surface area contributed by atoms with E-state index in [1.807, 2.05) is 37.3 Å². The molecule has 2 aromatic rings. The smallest absolute Gasteiger partial charge is 0.200 e. The number of benzene rings is 2. The van der Waals surface area contributed by atoms with Crippen molar-refractivity contribution in [3.8, 4) is 11.5 Å². The summed E-state index contributed by atoms with van der Waals surface area (Å²) in [6, 6.07) is 14.7. The second kappa shape index (κ2) is 6.05. The van der Waals surface area contributed by atoms with Crippen LogP contribution in [-0.4, -0.2) is 19.5 Å². The Balaban J connectivity index is 2.00. The molecule has 0 fully saturated rings. The van der Waals surface area contributed by atoms with Gasteiger partial charge in [0, 0.05) is 11.6 Å². The first kappa shape index (κ1) is 13.1. The SMILES string of the molecule is COc1cccc(OCC(=O)c2cccc(C)c2)c1. The van der Waals surface area contributed by atoms with Crippen molar-refractivity contribution in [1.29, 1.82) is 0 Å². The van der Waals surface area contributed by atoms with Crippen molar-refractivity contribution in [3.05, 3.63) is 59.7 Å². The standard InChI is InChI=1S/C16H16O3/c1-12-5-3-6-13(9-12)16(17)11-19-15-8-4-7-14(10-15)18-2/h3-10H,11H2,1-2H3. The van der Waals surface area contributed by atoms with Gasteiger partial charge in [0.15, 0.2) is 12.4 Å². The molecule has 2 aromatic carbocycles. The quantitative estimate of drug-likeness (QED) is 0.770. The molecular weight excluding hydrogens is 240 g/mol. The van der Waals surface area contributed by atoms with Crippen LogP contribution in [0.3, 0.4) is 0 Å². The van der Waals surface area contributed by atoms with E-state index >= 15 is 0 Å². The number of hydrogen-bond acceptors (Lipinski definition) is 3. The van der Waals surface area contributed by atoms with Gasteiger partial charge in [-0.3, -0.25) is 4.79 Å². The Morgan fingerprint density at radius 3 is 2.53 bits per heavy atom. The fourth-order valence-corrected chi connectivity index (χ4v) is 1.74. The highest BCUT2D eigenvalue weighted by molar-refractivity contribution is 5.97. The summed E-state index contributed by atoms with van der Waals surface area (Å²) < 4.78 is 10.6. The lowest BCUT2D eigenvalue weighted by Crippen LogP contribution is -2.11. The van der Waals surface area contributed by atoms with Gasteiger partial charge in [0.1, 0.15) is 11.5 Å². The minimum absolute atomic E-state index is 0.0244. The largest absolute Gasteiger partial charge is 0.497 e. The number of carbonyl (C=O) groups is 1. The molecule has 3 heteroatoms. The molecular formula is C16H16O3. The Morgan fingerprint density at radius 2 is 1.79 bits per heavy atom. The summed E-state index contributed by atoms with van der Waals surface area (Å²) in [6.07, 6.45) is 0. The van der Waals surface area contributed by atoms with E-state index in [-0.39, 0.29) is 12.4 Å². The predicted octanol–water partition coefficient (Wildman–Crippen LogP) is 3.27. The Labute approximate surface area is 112 Å². The Kier molecular flexibility index (Phi) is 4.18. The van der Waals surface area contributed by atoms with Gasteiger partial charge in [0.05, 0.1) is 7.11 Å². The number of methoxy groups -OCH3 is 1. The van der Waals surface area contributed by atoms with Crippen LogP contribution in [0.1, 0.15) is 15.9 Å². The number of carbonyl (C=O) groups excluding carboxylic acids is 1. The third kappa shape index (κ3) is 3.58. The summed E-state index contributed by atoms with van der Waals surface area (Å²) in [6.45, 7) is 1.98. The molecule has 0 aliphatic rings. The number of rotatable bonds is 5. The molecule has 0 unspecified atom stereocenters. The lowest BCUT2D eigenvalue weighted by atomic mass is 10.1. The van der Waals surface area contributed by atoms with Crippen LogP contribution < -0.4 is 9.47 Å². The number of ether oxygens (including phenoxy) is 2. The van der Waals surface area contributed by atoms with Gasteiger partial charge in [-0.15, -0.1) is 0 Å². The zero-order valence-corrected chi connectivity index (χ0v) is 11.1. The second-order valence-corrected chi connectivity index (χ2v) is 4.26. The Morgan fingerprint density at radius 1 is 1.05 bits per heavy atom. The molecule has 0 atom stereocenters. The molecule has 0 saturated carbocycles. The van der Waals surface area contributed by atoms with Crippen LogP contribution >= 0.6 is 0 Å². The van der Waals surface area contributed by atoms with Crippen LogP contribution in [0, 0.1) is 6.92 Å². The van der Waals surface area contributed by atoms with Gasteiger partial charge in [-0.05, 0) is 25.1 Å². The van der Waals surface area contributed by atoms with Crippen molar-refractivity contribution in [2.24, 2.45) is 0 Å². The first-order chi connectivity index (χ1) is 9.19. The molecule has 98 valence electrons. The van der Waals surface area contributed by atoms with E-state index in [4.69, 9.17) is 9.47 Å². The molecule has 0 spiro atoms. The Bertz CT molecular complexity index is 576. The average molecular weight is 256 g/mol. The summed E-state index contributed by atoms with van der Waals surface area (Å²) in [5, 5.41) is 0. The van der Waals surface area contributed by atoms with Crippen LogP contribution in [0.2, 0.25) is 0 Å². The van der Waals surface area contributed by atoms with Crippen LogP contribution in [0.5, 0.6) is 11.5 Å². The zero-order valence-electron chi connectivity index (χ0n) is 11.1. The lowest BCUT2D eigenvalue weighted by molar-refractivity contribution is 0.0921. The summed E-state index contributed by atoms with van der Waals surface area (Å²) >= 11 is 0. The molecule has 0 aliphatic carbocycles. The van der Waals surface area contributed by atoms with E-state index < -0.39 is 0 Å². The number of ketones is 1. The monoisotopic (exact) mass is 256 g/mol. The number of aryl methyl sites for hydroxylation is 1. The summed E-state index contributed by atoms with van der Waals surface area (Å²) in [5.41, 5.74) is 1.73. The topological polar surface area (TPSA) is 35.5 Å². The fraction of sp³-hybridized carbons (Fsp3) is 0.188. The maximum Gasteiger partial charge on any atom is 0.200 e. The van der Waals surface area contributed by atoms with Crippen molar-refractivity contribution >= 4 is 5.78 Å². The summed E-state index contributed by atoms with van der Waals surface area (Å²) in [5.74, 6) is 1.30. The minimum Gasteiger partial charge on any atom is -0.497 e. The van der Waals surface area contributed by atoms with Crippen LogP contribution in [0.25, 0.3) is 0 Å². The number of Topliss-reactive ketones (excluding diaryl/α,β-unsaturated/α-hetero) is 1. The molecule has 0 bridgehead atoms. The molecule has 0 radical (unpaired) electrons.